The fraction of sp³-hybridized carbons (Fsp3) is 0.391. The quantitative estimate of drug-likeness (QED) is 0.642. The van der Waals surface area contributed by atoms with E-state index in [1.165, 1.54) is 12.1 Å². The Morgan fingerprint density at radius 3 is 2.37 bits per heavy atom. The monoisotopic (exact) mass is 415 g/mol. The Morgan fingerprint density at radius 1 is 1.17 bits per heavy atom. The van der Waals surface area contributed by atoms with E-state index in [2.05, 4.69) is 10.6 Å². The first-order valence-electron chi connectivity index (χ1n) is 9.88. The Hall–Kier alpha value is -2.85. The van der Waals surface area contributed by atoms with Crippen LogP contribution in [0.5, 0.6) is 0 Å². The minimum Gasteiger partial charge on any atom is -0.336 e. The van der Waals surface area contributed by atoms with Gasteiger partial charge in [0.25, 0.3) is 5.92 Å². The standard InChI is InChI=1S/C23H24F3N3O/c1-16(18-7-9-19(24)10-8-18)28-20(21(30)29-22(15-27)11-12-22)14-23(25,26)13-17-5-3-2-4-6-17/h2-10,16,20,28H,11-14H2,1H3,(H,29,30)/t16-,20+/m1/s1. The van der Waals surface area contributed by atoms with Crippen LogP contribution in [0.4, 0.5) is 13.2 Å². The van der Waals surface area contributed by atoms with Crippen LogP contribution in [0.2, 0.25) is 0 Å². The lowest BCUT2D eigenvalue weighted by atomic mass is 9.98. The molecular formula is C23H24F3N3O. The van der Waals surface area contributed by atoms with Crippen LogP contribution in [0.1, 0.15) is 43.4 Å². The van der Waals surface area contributed by atoms with E-state index in [-0.39, 0.29) is 0 Å². The number of halogens is 3. The maximum atomic E-state index is 14.8. The molecule has 0 unspecified atom stereocenters. The van der Waals surface area contributed by atoms with E-state index in [0.29, 0.717) is 24.0 Å². The minimum absolute atomic E-state index is 0.403. The Bertz CT molecular complexity index is 906. The third-order valence-electron chi connectivity index (χ3n) is 5.27. The summed E-state index contributed by atoms with van der Waals surface area (Å²) in [4.78, 5) is 12.8. The molecule has 1 aliphatic carbocycles. The van der Waals surface area contributed by atoms with Crippen LogP contribution < -0.4 is 10.6 Å². The molecule has 0 aliphatic heterocycles. The first kappa shape index (κ1) is 21.8. The van der Waals surface area contributed by atoms with E-state index in [1.54, 1.807) is 49.4 Å². The number of carbonyl (C=O) groups excluding carboxylic acids is 1. The predicted octanol–water partition coefficient (Wildman–Crippen LogP) is 4.29. The highest BCUT2D eigenvalue weighted by Crippen LogP contribution is 2.35. The van der Waals surface area contributed by atoms with Gasteiger partial charge in [0.15, 0.2) is 0 Å². The van der Waals surface area contributed by atoms with Gasteiger partial charge in [-0.3, -0.25) is 10.1 Å². The molecule has 1 fully saturated rings. The number of hydrogen-bond acceptors (Lipinski definition) is 3. The maximum absolute atomic E-state index is 14.8. The topological polar surface area (TPSA) is 64.9 Å². The number of rotatable bonds is 9. The largest absolute Gasteiger partial charge is 0.336 e. The molecule has 0 saturated heterocycles. The number of carbonyl (C=O) groups is 1. The van der Waals surface area contributed by atoms with Crippen LogP contribution >= 0.6 is 0 Å². The van der Waals surface area contributed by atoms with Gasteiger partial charge in [0.2, 0.25) is 5.91 Å². The van der Waals surface area contributed by atoms with Gasteiger partial charge < -0.3 is 5.32 Å². The van der Waals surface area contributed by atoms with E-state index in [1.807, 2.05) is 6.07 Å². The first-order valence-corrected chi connectivity index (χ1v) is 9.88. The molecule has 0 aromatic heterocycles. The van der Waals surface area contributed by atoms with Crippen LogP contribution in [-0.4, -0.2) is 23.4 Å². The van der Waals surface area contributed by atoms with E-state index in [4.69, 9.17) is 0 Å². The van der Waals surface area contributed by atoms with Crippen molar-refractivity contribution in [3.05, 3.63) is 71.5 Å². The number of alkyl halides is 2. The summed E-state index contributed by atoms with van der Waals surface area (Å²) in [6.45, 7) is 1.72. The Kier molecular flexibility index (Phi) is 6.47. The van der Waals surface area contributed by atoms with Crippen molar-refractivity contribution in [2.75, 3.05) is 0 Å². The van der Waals surface area contributed by atoms with Gasteiger partial charge in [-0.25, -0.2) is 13.2 Å². The number of nitrogens with one attached hydrogen (secondary N) is 2. The zero-order chi connectivity index (χ0) is 21.8. The van der Waals surface area contributed by atoms with Crippen molar-refractivity contribution in [3.8, 4) is 6.07 Å². The van der Waals surface area contributed by atoms with Crippen molar-refractivity contribution in [1.29, 1.82) is 5.26 Å². The zero-order valence-corrected chi connectivity index (χ0v) is 16.7. The number of amides is 1. The molecule has 0 heterocycles. The summed E-state index contributed by atoms with van der Waals surface area (Å²) in [6.07, 6.45) is -0.194. The molecule has 7 heteroatoms. The second kappa shape index (κ2) is 8.88. The van der Waals surface area contributed by atoms with E-state index < -0.39 is 48.1 Å². The van der Waals surface area contributed by atoms with E-state index >= 15 is 0 Å². The molecule has 2 aromatic rings. The fourth-order valence-electron chi connectivity index (χ4n) is 3.35. The minimum atomic E-state index is -3.14. The molecule has 0 bridgehead atoms. The molecule has 1 saturated carbocycles. The summed E-state index contributed by atoms with van der Waals surface area (Å²) < 4.78 is 42.8. The maximum Gasteiger partial charge on any atom is 0.254 e. The van der Waals surface area contributed by atoms with Gasteiger partial charge in [0.1, 0.15) is 11.4 Å². The molecule has 0 spiro atoms. The second-order valence-corrected chi connectivity index (χ2v) is 7.90. The molecule has 30 heavy (non-hydrogen) atoms. The number of nitrogens with zero attached hydrogens (tertiary/aromatic N) is 1. The highest BCUT2D eigenvalue weighted by Gasteiger charge is 2.46. The highest BCUT2D eigenvalue weighted by atomic mass is 19.3. The van der Waals surface area contributed by atoms with Gasteiger partial charge in [0, 0.05) is 18.9 Å². The van der Waals surface area contributed by atoms with Gasteiger partial charge in [-0.2, -0.15) is 5.26 Å². The second-order valence-electron chi connectivity index (χ2n) is 7.90. The van der Waals surface area contributed by atoms with Crippen LogP contribution in [-0.2, 0) is 11.2 Å². The van der Waals surface area contributed by atoms with Gasteiger partial charge in [-0.15, -0.1) is 0 Å². The van der Waals surface area contributed by atoms with Crippen molar-refractivity contribution < 1.29 is 18.0 Å². The smallest absolute Gasteiger partial charge is 0.254 e. The summed E-state index contributed by atoms with van der Waals surface area (Å²) in [5.74, 6) is -4.17. The fourth-order valence-corrected chi connectivity index (χ4v) is 3.35. The van der Waals surface area contributed by atoms with Crippen molar-refractivity contribution in [2.24, 2.45) is 0 Å². The van der Waals surface area contributed by atoms with Crippen molar-refractivity contribution in [2.45, 2.75) is 56.2 Å². The van der Waals surface area contributed by atoms with Gasteiger partial charge in [0.05, 0.1) is 12.1 Å². The first-order chi connectivity index (χ1) is 14.2. The van der Waals surface area contributed by atoms with Gasteiger partial charge >= 0.3 is 0 Å². The van der Waals surface area contributed by atoms with Gasteiger partial charge in [-0.05, 0) is 43.0 Å². The lowest BCUT2D eigenvalue weighted by Gasteiger charge is -2.28. The lowest BCUT2D eigenvalue weighted by Crippen LogP contribution is -2.51. The Morgan fingerprint density at radius 2 is 1.80 bits per heavy atom. The SMILES string of the molecule is C[C@@H](N[C@@H](CC(F)(F)Cc1ccccc1)C(=O)NC1(C#N)CC1)c1ccc(F)cc1. The lowest BCUT2D eigenvalue weighted by molar-refractivity contribution is -0.127. The van der Waals surface area contributed by atoms with E-state index in [0.717, 1.165) is 0 Å². The zero-order valence-electron chi connectivity index (χ0n) is 16.7. The molecule has 2 atom stereocenters. The molecule has 3 rings (SSSR count). The predicted molar refractivity (Wildman–Crippen MR) is 107 cm³/mol. The van der Waals surface area contributed by atoms with Gasteiger partial charge in [-0.1, -0.05) is 42.5 Å². The average Bonchev–Trinajstić information content (AvgIpc) is 3.48. The molecule has 158 valence electrons. The third-order valence-corrected chi connectivity index (χ3v) is 5.27. The normalized spacial score (nSPS) is 16.9. The van der Waals surface area contributed by atoms with Crippen molar-refractivity contribution >= 4 is 5.91 Å². The van der Waals surface area contributed by atoms with Crippen LogP contribution in [0, 0.1) is 17.1 Å². The molecule has 4 nitrogen and oxygen atoms in total. The summed E-state index contributed by atoms with van der Waals surface area (Å²) in [7, 11) is 0. The number of benzene rings is 2. The van der Waals surface area contributed by atoms with Crippen molar-refractivity contribution in [3.63, 3.8) is 0 Å². The summed E-state index contributed by atoms with van der Waals surface area (Å²) in [5, 5.41) is 14.8. The summed E-state index contributed by atoms with van der Waals surface area (Å²) >= 11 is 0. The number of nitriles is 1. The Labute approximate surface area is 174 Å². The molecule has 1 aliphatic rings. The Balaban J connectivity index is 1.75. The van der Waals surface area contributed by atoms with Crippen LogP contribution in [0.25, 0.3) is 0 Å². The van der Waals surface area contributed by atoms with Crippen molar-refractivity contribution in [1.82, 2.24) is 10.6 Å². The summed E-state index contributed by atoms with van der Waals surface area (Å²) in [5.41, 5.74) is 0.191. The number of hydrogen-bond donors (Lipinski definition) is 2. The van der Waals surface area contributed by atoms with Crippen LogP contribution in [0.15, 0.2) is 54.6 Å². The van der Waals surface area contributed by atoms with Crippen LogP contribution in [0.3, 0.4) is 0 Å². The third kappa shape index (κ3) is 5.83. The molecule has 0 radical (unpaired) electrons. The summed E-state index contributed by atoms with van der Waals surface area (Å²) in [6, 6.07) is 14.4. The molecular weight excluding hydrogens is 391 g/mol. The van der Waals surface area contributed by atoms with E-state index in [9.17, 15) is 23.2 Å². The molecule has 2 N–H and O–H groups in total. The molecule has 2 aromatic carbocycles. The molecule has 1 amide bonds. The average molecular weight is 415 g/mol. The highest BCUT2D eigenvalue weighted by molar-refractivity contribution is 5.83.